The summed E-state index contributed by atoms with van der Waals surface area (Å²) in [7, 11) is 0. The van der Waals surface area contributed by atoms with E-state index in [0.717, 1.165) is 5.69 Å². The minimum atomic E-state index is -1.07. The lowest BCUT2D eigenvalue weighted by atomic mass is 9.91. The van der Waals surface area contributed by atoms with Gasteiger partial charge >= 0.3 is 5.97 Å². The Morgan fingerprint density at radius 2 is 1.85 bits per heavy atom. The lowest BCUT2D eigenvalue weighted by Crippen LogP contribution is -2.18. The molecule has 106 valence electrons. The summed E-state index contributed by atoms with van der Waals surface area (Å²) in [5.41, 5.74) is 1.16. The highest BCUT2D eigenvalue weighted by Crippen LogP contribution is 2.31. The highest BCUT2D eigenvalue weighted by atomic mass is 127. The number of aromatic nitrogens is 2. The fourth-order valence-electron chi connectivity index (χ4n) is 1.95. The number of hydrogen-bond acceptors (Lipinski definition) is 2. The average molecular weight is 388 g/mol. The third kappa shape index (κ3) is 2.70. The summed E-state index contributed by atoms with van der Waals surface area (Å²) in [6.45, 7) is 5.95. The van der Waals surface area contributed by atoms with Crippen LogP contribution < -0.4 is 0 Å². The van der Waals surface area contributed by atoms with E-state index >= 15 is 0 Å². The smallest absolute Gasteiger partial charge is 0.357 e. The molecule has 0 unspecified atom stereocenters. The van der Waals surface area contributed by atoms with Crippen LogP contribution in [0, 0.1) is 9.39 Å². The van der Waals surface area contributed by atoms with E-state index in [4.69, 9.17) is 0 Å². The number of carbonyl (C=O) groups is 1. The zero-order valence-electron chi connectivity index (χ0n) is 11.3. The Kier molecular flexibility index (Phi) is 3.86. The first-order valence-corrected chi connectivity index (χ1v) is 7.08. The molecule has 0 saturated carbocycles. The first-order chi connectivity index (χ1) is 9.21. The number of halogens is 2. The molecule has 2 rings (SSSR count). The van der Waals surface area contributed by atoms with Gasteiger partial charge in [-0.15, -0.1) is 0 Å². The van der Waals surface area contributed by atoms with Crippen molar-refractivity contribution in [3.05, 3.63) is 45.0 Å². The summed E-state index contributed by atoms with van der Waals surface area (Å²) in [5.74, 6) is -1.41. The molecule has 2 aromatic rings. The molecule has 0 saturated heterocycles. The summed E-state index contributed by atoms with van der Waals surface area (Å²) < 4.78 is 15.2. The van der Waals surface area contributed by atoms with Crippen molar-refractivity contribution in [3.63, 3.8) is 0 Å². The summed E-state index contributed by atoms with van der Waals surface area (Å²) >= 11 is 2.00. The molecule has 0 aliphatic carbocycles. The Bertz CT molecular complexity index is 657. The first kappa shape index (κ1) is 15.0. The van der Waals surface area contributed by atoms with Crippen LogP contribution in [-0.2, 0) is 5.41 Å². The Morgan fingerprint density at radius 1 is 1.30 bits per heavy atom. The summed E-state index contributed by atoms with van der Waals surface area (Å²) in [6, 6.07) is 5.83. The number of nitrogens with zero attached hydrogens (tertiary/aromatic N) is 2. The van der Waals surface area contributed by atoms with Crippen molar-refractivity contribution in [1.29, 1.82) is 0 Å². The monoisotopic (exact) mass is 388 g/mol. The second-order valence-corrected chi connectivity index (χ2v) is 6.53. The second-order valence-electron chi connectivity index (χ2n) is 5.45. The fraction of sp³-hybridized carbons (Fsp3) is 0.286. The van der Waals surface area contributed by atoms with Crippen LogP contribution in [0.5, 0.6) is 0 Å². The molecule has 0 aliphatic rings. The molecule has 20 heavy (non-hydrogen) atoms. The van der Waals surface area contributed by atoms with Crippen LogP contribution in [0.4, 0.5) is 4.39 Å². The maximum Gasteiger partial charge on any atom is 0.357 e. The predicted molar refractivity (Wildman–Crippen MR) is 81.9 cm³/mol. The van der Waals surface area contributed by atoms with Crippen LogP contribution in [-0.4, -0.2) is 20.9 Å². The first-order valence-electron chi connectivity index (χ1n) is 6.00. The van der Waals surface area contributed by atoms with Crippen molar-refractivity contribution in [2.45, 2.75) is 26.2 Å². The standard InChI is InChI=1S/C14H14FIN2O2/c1-14(2,3)12-10(16)11(13(19)20)17-18(12)9-6-4-8(15)5-7-9/h4-7H,1-3H3,(H,19,20). The van der Waals surface area contributed by atoms with Gasteiger partial charge in [-0.25, -0.2) is 13.9 Å². The van der Waals surface area contributed by atoms with Gasteiger partial charge in [0.2, 0.25) is 0 Å². The molecular weight excluding hydrogens is 374 g/mol. The number of carboxylic acids is 1. The number of carboxylic acid groups (broad SMARTS) is 1. The molecule has 0 spiro atoms. The highest BCUT2D eigenvalue weighted by Gasteiger charge is 2.29. The van der Waals surface area contributed by atoms with Gasteiger partial charge < -0.3 is 5.11 Å². The lowest BCUT2D eigenvalue weighted by Gasteiger charge is -2.21. The third-order valence-electron chi connectivity index (χ3n) is 2.81. The molecule has 1 N–H and O–H groups in total. The lowest BCUT2D eigenvalue weighted by molar-refractivity contribution is 0.0689. The molecule has 0 radical (unpaired) electrons. The SMILES string of the molecule is CC(C)(C)c1c(I)c(C(=O)O)nn1-c1ccc(F)cc1. The summed E-state index contributed by atoms with van der Waals surface area (Å²) in [6.07, 6.45) is 0. The molecule has 1 aromatic heterocycles. The van der Waals surface area contributed by atoms with Gasteiger partial charge in [-0.2, -0.15) is 5.10 Å². The summed E-state index contributed by atoms with van der Waals surface area (Å²) in [4.78, 5) is 11.3. The van der Waals surface area contributed by atoms with E-state index in [9.17, 15) is 14.3 Å². The van der Waals surface area contributed by atoms with E-state index in [1.807, 2.05) is 43.4 Å². The Balaban J connectivity index is 2.72. The van der Waals surface area contributed by atoms with Crippen LogP contribution in [0.15, 0.2) is 24.3 Å². The van der Waals surface area contributed by atoms with Crippen LogP contribution in [0.25, 0.3) is 5.69 Å². The Hall–Kier alpha value is -1.44. The van der Waals surface area contributed by atoms with Gasteiger partial charge in [0.15, 0.2) is 5.69 Å². The zero-order chi connectivity index (χ0) is 15.1. The van der Waals surface area contributed by atoms with Gasteiger partial charge in [0.25, 0.3) is 0 Å². The molecule has 0 aliphatic heterocycles. The van der Waals surface area contributed by atoms with Gasteiger partial charge in [-0.1, -0.05) is 20.8 Å². The van der Waals surface area contributed by atoms with Gasteiger partial charge in [0.1, 0.15) is 5.82 Å². The van der Waals surface area contributed by atoms with E-state index in [2.05, 4.69) is 5.10 Å². The molecular formula is C14H14FIN2O2. The Labute approximate surface area is 129 Å². The van der Waals surface area contributed by atoms with Gasteiger partial charge in [-0.3, -0.25) is 0 Å². The van der Waals surface area contributed by atoms with Crippen LogP contribution in [0.1, 0.15) is 37.0 Å². The molecule has 4 nitrogen and oxygen atoms in total. The zero-order valence-corrected chi connectivity index (χ0v) is 13.5. The Morgan fingerprint density at radius 3 is 2.30 bits per heavy atom. The van der Waals surface area contributed by atoms with Crippen molar-refractivity contribution < 1.29 is 14.3 Å². The molecule has 0 amide bonds. The van der Waals surface area contributed by atoms with Crippen LogP contribution in [0.2, 0.25) is 0 Å². The molecule has 1 aromatic carbocycles. The number of benzene rings is 1. The maximum atomic E-state index is 13.0. The summed E-state index contributed by atoms with van der Waals surface area (Å²) in [5, 5.41) is 13.4. The van der Waals surface area contributed by atoms with Gasteiger partial charge in [0.05, 0.1) is 15.0 Å². The minimum absolute atomic E-state index is 0.0138. The average Bonchev–Trinajstić information content (AvgIpc) is 2.67. The topological polar surface area (TPSA) is 55.1 Å². The largest absolute Gasteiger partial charge is 0.476 e. The van der Waals surface area contributed by atoms with E-state index in [-0.39, 0.29) is 16.9 Å². The quantitative estimate of drug-likeness (QED) is 0.800. The van der Waals surface area contributed by atoms with Crippen molar-refractivity contribution in [2.75, 3.05) is 0 Å². The molecule has 0 atom stereocenters. The molecule has 0 bridgehead atoms. The van der Waals surface area contributed by atoms with Gasteiger partial charge in [-0.05, 0) is 46.9 Å². The second kappa shape index (κ2) is 5.16. The molecule has 0 fully saturated rings. The van der Waals surface area contributed by atoms with Crippen molar-refractivity contribution in [2.24, 2.45) is 0 Å². The maximum absolute atomic E-state index is 13.0. The highest BCUT2D eigenvalue weighted by molar-refractivity contribution is 14.1. The van der Waals surface area contributed by atoms with Crippen molar-refractivity contribution >= 4 is 28.6 Å². The van der Waals surface area contributed by atoms with E-state index in [1.165, 1.54) is 12.1 Å². The molecule has 1 heterocycles. The predicted octanol–water partition coefficient (Wildman–Crippen LogP) is 3.61. The number of aromatic carboxylic acids is 1. The number of hydrogen-bond donors (Lipinski definition) is 1. The van der Waals surface area contributed by atoms with Gasteiger partial charge in [0, 0.05) is 5.41 Å². The number of rotatable bonds is 2. The van der Waals surface area contributed by atoms with E-state index in [1.54, 1.807) is 16.8 Å². The normalized spacial score (nSPS) is 11.7. The van der Waals surface area contributed by atoms with Crippen LogP contribution in [0.3, 0.4) is 0 Å². The van der Waals surface area contributed by atoms with Crippen molar-refractivity contribution in [1.82, 2.24) is 9.78 Å². The van der Waals surface area contributed by atoms with Crippen LogP contribution >= 0.6 is 22.6 Å². The van der Waals surface area contributed by atoms with E-state index in [0.29, 0.717) is 9.26 Å². The molecule has 6 heteroatoms. The fourth-order valence-corrected chi connectivity index (χ4v) is 3.33. The minimum Gasteiger partial charge on any atom is -0.476 e. The van der Waals surface area contributed by atoms with Crippen molar-refractivity contribution in [3.8, 4) is 5.69 Å². The third-order valence-corrected chi connectivity index (χ3v) is 3.83. The van der Waals surface area contributed by atoms with E-state index < -0.39 is 5.97 Å².